The van der Waals surface area contributed by atoms with Crippen molar-refractivity contribution in [1.29, 1.82) is 0 Å². The van der Waals surface area contributed by atoms with Crippen molar-refractivity contribution in [2.75, 3.05) is 26.7 Å². The standard InChI is InChI=1S/C13H22N2O3S2/c1-3-6-14-9-12-13(5-8-19-12)20(16,17)15-7-4-11(10-15)18-2/h5,8,11,14H,3-4,6-7,9-10H2,1-2H3. The van der Waals surface area contributed by atoms with Crippen LogP contribution in [0.15, 0.2) is 16.3 Å². The van der Waals surface area contributed by atoms with E-state index >= 15 is 0 Å². The molecule has 1 saturated heterocycles. The van der Waals surface area contributed by atoms with Crippen molar-refractivity contribution in [3.63, 3.8) is 0 Å². The monoisotopic (exact) mass is 318 g/mol. The van der Waals surface area contributed by atoms with Gasteiger partial charge >= 0.3 is 0 Å². The maximum Gasteiger partial charge on any atom is 0.244 e. The third kappa shape index (κ3) is 3.40. The second-order valence-corrected chi connectivity index (χ2v) is 7.80. The third-order valence-corrected chi connectivity index (χ3v) is 6.48. The first-order valence-electron chi connectivity index (χ1n) is 6.89. The molecule has 1 atom stereocenters. The summed E-state index contributed by atoms with van der Waals surface area (Å²) in [4.78, 5) is 1.34. The minimum Gasteiger partial charge on any atom is -0.380 e. The number of rotatable bonds is 7. The fourth-order valence-corrected chi connectivity index (χ4v) is 5.18. The number of methoxy groups -OCH3 is 1. The molecule has 0 radical (unpaired) electrons. The summed E-state index contributed by atoms with van der Waals surface area (Å²) in [6.07, 6.45) is 1.82. The van der Waals surface area contributed by atoms with Crippen LogP contribution >= 0.6 is 11.3 Å². The second-order valence-electron chi connectivity index (χ2n) is 4.89. The summed E-state index contributed by atoms with van der Waals surface area (Å²) in [6, 6.07) is 1.71. The van der Waals surface area contributed by atoms with Gasteiger partial charge in [-0.2, -0.15) is 4.31 Å². The molecule has 0 spiro atoms. The van der Waals surface area contributed by atoms with Gasteiger partial charge < -0.3 is 10.1 Å². The summed E-state index contributed by atoms with van der Waals surface area (Å²) >= 11 is 1.49. The molecule has 0 bridgehead atoms. The second kappa shape index (κ2) is 7.00. The molecule has 1 N–H and O–H groups in total. The topological polar surface area (TPSA) is 58.6 Å². The van der Waals surface area contributed by atoms with Crippen molar-refractivity contribution in [2.45, 2.75) is 37.3 Å². The molecule has 7 heteroatoms. The van der Waals surface area contributed by atoms with E-state index in [1.165, 1.54) is 15.6 Å². The van der Waals surface area contributed by atoms with Crippen LogP contribution in [0.2, 0.25) is 0 Å². The van der Waals surface area contributed by atoms with Crippen LogP contribution in [0.1, 0.15) is 24.6 Å². The number of thiophene rings is 1. The number of ether oxygens (including phenoxy) is 1. The molecule has 0 aliphatic carbocycles. The molecule has 2 heterocycles. The van der Waals surface area contributed by atoms with Crippen LogP contribution in [0, 0.1) is 0 Å². The van der Waals surface area contributed by atoms with Gasteiger partial charge in [0, 0.05) is 31.6 Å². The molecular formula is C13H22N2O3S2. The summed E-state index contributed by atoms with van der Waals surface area (Å²) in [5.41, 5.74) is 0. The highest BCUT2D eigenvalue weighted by atomic mass is 32.2. The van der Waals surface area contributed by atoms with Crippen molar-refractivity contribution in [2.24, 2.45) is 0 Å². The van der Waals surface area contributed by atoms with Crippen LogP contribution < -0.4 is 5.32 Å². The Morgan fingerprint density at radius 1 is 1.55 bits per heavy atom. The Morgan fingerprint density at radius 3 is 3.00 bits per heavy atom. The molecule has 5 nitrogen and oxygen atoms in total. The maximum atomic E-state index is 12.7. The lowest BCUT2D eigenvalue weighted by molar-refractivity contribution is 0.115. The Hall–Kier alpha value is -0.470. The van der Waals surface area contributed by atoms with Crippen molar-refractivity contribution in [1.82, 2.24) is 9.62 Å². The molecule has 1 unspecified atom stereocenters. The van der Waals surface area contributed by atoms with Crippen molar-refractivity contribution < 1.29 is 13.2 Å². The Balaban J connectivity index is 2.12. The van der Waals surface area contributed by atoms with Crippen LogP contribution in [0.4, 0.5) is 0 Å². The van der Waals surface area contributed by atoms with Crippen LogP contribution in [0.5, 0.6) is 0 Å². The van der Waals surface area contributed by atoms with Crippen LogP contribution in [-0.4, -0.2) is 45.6 Å². The lowest BCUT2D eigenvalue weighted by Gasteiger charge is -2.16. The molecule has 20 heavy (non-hydrogen) atoms. The molecule has 0 aromatic carbocycles. The molecular weight excluding hydrogens is 296 g/mol. The van der Waals surface area contributed by atoms with Gasteiger partial charge in [-0.25, -0.2) is 8.42 Å². The highest BCUT2D eigenvalue weighted by molar-refractivity contribution is 7.89. The highest BCUT2D eigenvalue weighted by Crippen LogP contribution is 2.28. The van der Waals surface area contributed by atoms with Crippen molar-refractivity contribution in [3.8, 4) is 0 Å². The Kier molecular flexibility index (Phi) is 5.57. The van der Waals surface area contributed by atoms with Gasteiger partial charge in [0.25, 0.3) is 0 Å². The number of nitrogens with one attached hydrogen (secondary N) is 1. The van der Waals surface area contributed by atoms with Crippen molar-refractivity contribution in [3.05, 3.63) is 16.3 Å². The van der Waals surface area contributed by atoms with E-state index in [2.05, 4.69) is 12.2 Å². The van der Waals surface area contributed by atoms with E-state index in [1.807, 2.05) is 5.38 Å². The SMILES string of the molecule is CCCNCc1sccc1S(=O)(=O)N1CCC(OC)C1. The lowest BCUT2D eigenvalue weighted by Crippen LogP contribution is -2.30. The normalized spacial score (nSPS) is 20.6. The maximum absolute atomic E-state index is 12.7. The number of sulfonamides is 1. The van der Waals surface area contributed by atoms with E-state index in [0.717, 1.165) is 24.3 Å². The molecule has 1 aromatic heterocycles. The molecule has 1 fully saturated rings. The molecule has 114 valence electrons. The van der Waals surface area contributed by atoms with Gasteiger partial charge in [0.15, 0.2) is 0 Å². The van der Waals surface area contributed by atoms with Crippen LogP contribution in [0.25, 0.3) is 0 Å². The van der Waals surface area contributed by atoms with E-state index in [9.17, 15) is 8.42 Å². The first-order chi connectivity index (χ1) is 9.59. The minimum atomic E-state index is -3.38. The van der Waals surface area contributed by atoms with E-state index in [0.29, 0.717) is 24.5 Å². The fourth-order valence-electron chi connectivity index (χ4n) is 2.31. The first kappa shape index (κ1) is 15.9. The molecule has 1 aliphatic rings. The highest BCUT2D eigenvalue weighted by Gasteiger charge is 2.34. The zero-order valence-electron chi connectivity index (χ0n) is 12.0. The average Bonchev–Trinajstić information content (AvgIpc) is 3.08. The Labute approximate surface area is 125 Å². The summed E-state index contributed by atoms with van der Waals surface area (Å²) in [5, 5.41) is 5.11. The van der Waals surface area contributed by atoms with Gasteiger partial charge in [-0.3, -0.25) is 0 Å². The van der Waals surface area contributed by atoms with Gasteiger partial charge in [-0.15, -0.1) is 11.3 Å². The smallest absolute Gasteiger partial charge is 0.244 e. The predicted octanol–water partition coefficient (Wildman–Crippen LogP) is 1.66. The quantitative estimate of drug-likeness (QED) is 0.777. The Morgan fingerprint density at radius 2 is 2.35 bits per heavy atom. The molecule has 0 amide bonds. The predicted molar refractivity (Wildman–Crippen MR) is 80.5 cm³/mol. The van der Waals surface area contributed by atoms with Crippen LogP contribution in [0.3, 0.4) is 0 Å². The molecule has 1 aromatic rings. The third-order valence-electron chi connectivity index (χ3n) is 3.48. The van der Waals surface area contributed by atoms with E-state index in [1.54, 1.807) is 13.2 Å². The first-order valence-corrected chi connectivity index (χ1v) is 9.21. The summed E-state index contributed by atoms with van der Waals surface area (Å²) in [6.45, 7) is 4.59. The number of hydrogen-bond acceptors (Lipinski definition) is 5. The minimum absolute atomic E-state index is 0.0186. The summed E-state index contributed by atoms with van der Waals surface area (Å²) in [5.74, 6) is 0. The van der Waals surface area contributed by atoms with Crippen LogP contribution in [-0.2, 0) is 21.3 Å². The largest absolute Gasteiger partial charge is 0.380 e. The van der Waals surface area contributed by atoms with E-state index in [4.69, 9.17) is 4.74 Å². The van der Waals surface area contributed by atoms with Gasteiger partial charge in [-0.05, 0) is 30.8 Å². The van der Waals surface area contributed by atoms with Gasteiger partial charge in [0.2, 0.25) is 10.0 Å². The number of nitrogens with zero attached hydrogens (tertiary/aromatic N) is 1. The van der Waals surface area contributed by atoms with E-state index < -0.39 is 10.0 Å². The molecule has 1 aliphatic heterocycles. The van der Waals surface area contributed by atoms with Gasteiger partial charge in [0.05, 0.1) is 11.0 Å². The molecule has 0 saturated carbocycles. The van der Waals surface area contributed by atoms with Gasteiger partial charge in [0.1, 0.15) is 0 Å². The summed E-state index contributed by atoms with van der Waals surface area (Å²) in [7, 11) is -1.75. The fraction of sp³-hybridized carbons (Fsp3) is 0.692. The van der Waals surface area contributed by atoms with E-state index in [-0.39, 0.29) is 6.10 Å². The lowest BCUT2D eigenvalue weighted by atomic mass is 10.3. The van der Waals surface area contributed by atoms with Gasteiger partial charge in [-0.1, -0.05) is 6.92 Å². The summed E-state index contributed by atoms with van der Waals surface area (Å²) < 4.78 is 32.1. The number of hydrogen-bond donors (Lipinski definition) is 1. The average molecular weight is 318 g/mol. The zero-order chi connectivity index (χ0) is 14.6. The Bertz CT molecular complexity index is 527. The van der Waals surface area contributed by atoms with Crippen molar-refractivity contribution >= 4 is 21.4 Å². The molecule has 2 rings (SSSR count). The zero-order valence-corrected chi connectivity index (χ0v) is 13.6.